The van der Waals surface area contributed by atoms with Gasteiger partial charge in [-0.05, 0) is 39.7 Å². The highest BCUT2D eigenvalue weighted by Gasteiger charge is 2.75. The van der Waals surface area contributed by atoms with Gasteiger partial charge in [-0.1, -0.05) is 30.3 Å². The topological polar surface area (TPSA) is 98.8 Å². The molecule has 1 saturated carbocycles. The third-order valence-electron chi connectivity index (χ3n) is 6.66. The molecule has 0 N–H and O–H groups in total. The van der Waals surface area contributed by atoms with Gasteiger partial charge >= 0.3 is 11.9 Å². The maximum atomic E-state index is 13.3. The summed E-state index contributed by atoms with van der Waals surface area (Å²) in [6.07, 6.45) is -3.12. The summed E-state index contributed by atoms with van der Waals surface area (Å²) in [6, 6.07) is 9.66. The lowest BCUT2D eigenvalue weighted by Gasteiger charge is -2.56. The van der Waals surface area contributed by atoms with Crippen LogP contribution in [0.25, 0.3) is 0 Å². The molecule has 1 unspecified atom stereocenters. The van der Waals surface area contributed by atoms with Gasteiger partial charge in [-0.15, -0.1) is 0 Å². The molecule has 0 spiro atoms. The number of esters is 2. The summed E-state index contributed by atoms with van der Waals surface area (Å²) in [6.45, 7) is 7.66. The lowest BCUT2D eigenvalue weighted by Crippen LogP contribution is -2.75. The lowest BCUT2D eigenvalue weighted by molar-refractivity contribution is -0.342. The Morgan fingerprint density at radius 1 is 1.06 bits per heavy atom. The molecule has 7 atom stereocenters. The fraction of sp³-hybridized carbons (Fsp3) is 0.680. The maximum Gasteiger partial charge on any atom is 0.312 e. The second-order valence-corrected chi connectivity index (χ2v) is 9.21. The minimum absolute atomic E-state index is 0.125. The van der Waals surface area contributed by atoms with Crippen LogP contribution in [0.3, 0.4) is 0 Å². The first-order valence-corrected chi connectivity index (χ1v) is 11.8. The fourth-order valence-corrected chi connectivity index (χ4v) is 5.46. The molecule has 0 amide bonds. The van der Waals surface area contributed by atoms with Crippen LogP contribution in [0.2, 0.25) is 0 Å². The van der Waals surface area contributed by atoms with Crippen LogP contribution in [0.4, 0.5) is 0 Å². The molecule has 1 aromatic rings. The Labute approximate surface area is 199 Å². The number of hydrogen-bond donors (Lipinski definition) is 0. The Hall–Kier alpha value is -2.04. The monoisotopic (exact) mass is 478 g/mol. The quantitative estimate of drug-likeness (QED) is 0.522. The van der Waals surface area contributed by atoms with Gasteiger partial charge in [0.1, 0.15) is 23.9 Å². The first-order chi connectivity index (χ1) is 16.3. The van der Waals surface area contributed by atoms with E-state index in [4.69, 9.17) is 33.2 Å². The van der Waals surface area contributed by atoms with E-state index in [1.54, 1.807) is 27.7 Å². The summed E-state index contributed by atoms with van der Waals surface area (Å²) in [7, 11) is 1.50. The predicted molar refractivity (Wildman–Crippen MR) is 118 cm³/mol. The number of rotatable bonds is 8. The molecular weight excluding hydrogens is 444 g/mol. The first-order valence-electron chi connectivity index (χ1n) is 11.8. The molecule has 9 nitrogen and oxygen atoms in total. The molecule has 3 aliphatic rings. The molecule has 0 radical (unpaired) electrons. The number of ether oxygens (including phenoxy) is 7. The van der Waals surface area contributed by atoms with Crippen LogP contribution in [0.5, 0.6) is 0 Å². The van der Waals surface area contributed by atoms with Gasteiger partial charge in [0.15, 0.2) is 12.1 Å². The third kappa shape index (κ3) is 4.35. The van der Waals surface area contributed by atoms with E-state index in [1.807, 2.05) is 30.3 Å². The van der Waals surface area contributed by atoms with E-state index in [9.17, 15) is 9.59 Å². The van der Waals surface area contributed by atoms with Crippen molar-refractivity contribution in [2.24, 2.45) is 11.8 Å². The number of benzene rings is 1. The summed E-state index contributed by atoms with van der Waals surface area (Å²) in [4.78, 5) is 26.3. The zero-order chi connectivity index (χ0) is 24.5. The minimum Gasteiger partial charge on any atom is -0.466 e. The van der Waals surface area contributed by atoms with Crippen molar-refractivity contribution >= 4 is 11.9 Å². The number of hydrogen-bond acceptors (Lipinski definition) is 9. The largest absolute Gasteiger partial charge is 0.466 e. The highest BCUT2D eigenvalue weighted by molar-refractivity contribution is 5.79. The van der Waals surface area contributed by atoms with Crippen LogP contribution in [-0.4, -0.2) is 68.3 Å². The van der Waals surface area contributed by atoms with Gasteiger partial charge in [0, 0.05) is 7.11 Å². The molecule has 4 rings (SSSR count). The van der Waals surface area contributed by atoms with E-state index in [0.29, 0.717) is 0 Å². The van der Waals surface area contributed by atoms with E-state index in [-0.39, 0.29) is 26.2 Å². The van der Waals surface area contributed by atoms with E-state index in [1.165, 1.54) is 7.11 Å². The average molecular weight is 479 g/mol. The Bertz CT molecular complexity index is 872. The SMILES string of the molecule is CCOC(=O)C1C[C@H](C(=O)OCC)[C@]23OC(C)(C)O[C@H]2[C@@H]1O[C@H](OC)[C@@H]3OCc1ccccc1. The van der Waals surface area contributed by atoms with Gasteiger partial charge in [-0.3, -0.25) is 9.59 Å². The van der Waals surface area contributed by atoms with Gasteiger partial charge in [0.05, 0.1) is 31.7 Å². The highest BCUT2D eigenvalue weighted by atomic mass is 16.8. The Balaban J connectivity index is 1.78. The van der Waals surface area contributed by atoms with Crippen LogP contribution in [0, 0.1) is 11.8 Å². The fourth-order valence-electron chi connectivity index (χ4n) is 5.46. The lowest BCUT2D eigenvalue weighted by atomic mass is 9.63. The van der Waals surface area contributed by atoms with Crippen LogP contribution in [0.1, 0.15) is 39.7 Å². The molecule has 188 valence electrons. The van der Waals surface area contributed by atoms with Gasteiger partial charge in [-0.2, -0.15) is 0 Å². The van der Waals surface area contributed by atoms with Gasteiger partial charge in [0.2, 0.25) is 0 Å². The molecule has 2 saturated heterocycles. The molecule has 9 heteroatoms. The Morgan fingerprint density at radius 2 is 1.74 bits per heavy atom. The van der Waals surface area contributed by atoms with Crippen molar-refractivity contribution in [2.75, 3.05) is 20.3 Å². The van der Waals surface area contributed by atoms with E-state index < -0.39 is 59.8 Å². The van der Waals surface area contributed by atoms with Crippen molar-refractivity contribution in [1.29, 1.82) is 0 Å². The number of carbonyl (C=O) groups excluding carboxylic acids is 2. The molecule has 2 aliphatic heterocycles. The van der Waals surface area contributed by atoms with Crippen molar-refractivity contribution in [3.05, 3.63) is 35.9 Å². The summed E-state index contributed by atoms with van der Waals surface area (Å²) in [5.74, 6) is -3.60. The second kappa shape index (κ2) is 9.91. The number of methoxy groups -OCH3 is 1. The standard InChI is InChI=1S/C25H34O9/c1-6-29-21(26)16-13-17(22(27)30-7-2)25-19(33-24(3,4)34-25)18(16)32-23(28-5)20(25)31-14-15-11-9-8-10-12-15/h8-12,16-20,23H,6-7,13-14H2,1-5H3/t16?,17-,18-,19+,20+,23+,25+/m1/s1. The molecular formula is C25H34O9. The van der Waals surface area contributed by atoms with Crippen molar-refractivity contribution < 1.29 is 42.7 Å². The summed E-state index contributed by atoms with van der Waals surface area (Å²) in [5, 5.41) is 0. The predicted octanol–water partition coefficient (Wildman–Crippen LogP) is 2.60. The van der Waals surface area contributed by atoms with Crippen LogP contribution in [0.15, 0.2) is 30.3 Å². The maximum absolute atomic E-state index is 13.3. The smallest absolute Gasteiger partial charge is 0.312 e. The molecule has 34 heavy (non-hydrogen) atoms. The minimum atomic E-state index is -1.28. The molecule has 2 bridgehead atoms. The Morgan fingerprint density at radius 3 is 2.38 bits per heavy atom. The van der Waals surface area contributed by atoms with Gasteiger partial charge in [-0.25, -0.2) is 0 Å². The normalized spacial score (nSPS) is 35.9. The number of carbonyl (C=O) groups is 2. The zero-order valence-electron chi connectivity index (χ0n) is 20.4. The van der Waals surface area contributed by atoms with Crippen molar-refractivity contribution in [2.45, 2.75) is 76.7 Å². The van der Waals surface area contributed by atoms with Crippen molar-refractivity contribution in [3.8, 4) is 0 Å². The molecule has 0 aromatic heterocycles. The van der Waals surface area contributed by atoms with E-state index in [0.717, 1.165) is 5.56 Å². The van der Waals surface area contributed by atoms with E-state index >= 15 is 0 Å². The molecule has 1 aromatic carbocycles. The Kier molecular flexibility index (Phi) is 7.30. The van der Waals surface area contributed by atoms with Gasteiger partial charge in [0.25, 0.3) is 0 Å². The molecule has 1 aliphatic carbocycles. The zero-order valence-corrected chi connectivity index (χ0v) is 20.4. The van der Waals surface area contributed by atoms with Crippen molar-refractivity contribution in [1.82, 2.24) is 0 Å². The molecule has 2 heterocycles. The van der Waals surface area contributed by atoms with Crippen LogP contribution >= 0.6 is 0 Å². The molecule has 3 fully saturated rings. The summed E-state index contributed by atoms with van der Waals surface area (Å²) in [5.41, 5.74) is -0.338. The van der Waals surface area contributed by atoms with Gasteiger partial charge < -0.3 is 33.2 Å². The van der Waals surface area contributed by atoms with E-state index in [2.05, 4.69) is 0 Å². The second-order valence-electron chi connectivity index (χ2n) is 9.21. The average Bonchev–Trinajstić information content (AvgIpc) is 3.11. The summed E-state index contributed by atoms with van der Waals surface area (Å²) >= 11 is 0. The first kappa shape index (κ1) is 25.1. The van der Waals surface area contributed by atoms with Crippen LogP contribution < -0.4 is 0 Å². The summed E-state index contributed by atoms with van der Waals surface area (Å²) < 4.78 is 42.0. The third-order valence-corrected chi connectivity index (χ3v) is 6.66. The van der Waals surface area contributed by atoms with Crippen LogP contribution in [-0.2, 0) is 49.4 Å². The highest BCUT2D eigenvalue weighted by Crippen LogP contribution is 2.57. The van der Waals surface area contributed by atoms with Crippen molar-refractivity contribution in [3.63, 3.8) is 0 Å².